The molecule has 0 aromatic carbocycles. The predicted molar refractivity (Wildman–Crippen MR) is 109 cm³/mol. The lowest BCUT2D eigenvalue weighted by molar-refractivity contribution is 0.0211. The molecule has 30 heavy (non-hydrogen) atoms. The van der Waals surface area contributed by atoms with Gasteiger partial charge in [0, 0.05) is 17.6 Å². The van der Waals surface area contributed by atoms with Gasteiger partial charge in [-0.15, -0.1) is 5.10 Å². The lowest BCUT2D eigenvalue weighted by atomic mass is 10.2. The summed E-state index contributed by atoms with van der Waals surface area (Å²) in [5, 5.41) is 26.3. The van der Waals surface area contributed by atoms with Crippen LogP contribution in [0.15, 0.2) is 36.9 Å². The maximum Gasteiger partial charge on any atom is 0.164 e. The van der Waals surface area contributed by atoms with E-state index in [1.807, 2.05) is 12.3 Å². The Morgan fingerprint density at radius 1 is 1.23 bits per heavy atom. The van der Waals surface area contributed by atoms with Crippen LogP contribution in [0, 0.1) is 11.3 Å². The molecule has 5 heterocycles. The van der Waals surface area contributed by atoms with Crippen molar-refractivity contribution in [3.63, 3.8) is 0 Å². The summed E-state index contributed by atoms with van der Waals surface area (Å²) in [5.74, 6) is 0.614. The second-order valence-electron chi connectivity index (χ2n) is 7.15. The summed E-state index contributed by atoms with van der Waals surface area (Å²) in [7, 11) is 0. The Morgan fingerprint density at radius 2 is 2.13 bits per heavy atom. The summed E-state index contributed by atoms with van der Waals surface area (Å²) in [5.41, 5.74) is 3.73. The number of aromatic nitrogens is 7. The SMILES string of the molecule is CCCc1cn(-c2cnc(-n3ncc4cc(C#N)cnc43)cc2NC2COC2)nn1. The lowest BCUT2D eigenvalue weighted by Gasteiger charge is -2.28. The van der Waals surface area contributed by atoms with Gasteiger partial charge in [-0.05, 0) is 12.5 Å². The van der Waals surface area contributed by atoms with Gasteiger partial charge in [-0.3, -0.25) is 0 Å². The molecule has 1 fully saturated rings. The average molecular weight is 401 g/mol. The van der Waals surface area contributed by atoms with Crippen LogP contribution in [-0.4, -0.2) is 54.0 Å². The van der Waals surface area contributed by atoms with Gasteiger partial charge in [0.15, 0.2) is 11.5 Å². The van der Waals surface area contributed by atoms with Crippen molar-refractivity contribution in [3.05, 3.63) is 48.2 Å². The van der Waals surface area contributed by atoms with Crippen molar-refractivity contribution in [3.8, 4) is 17.6 Å². The van der Waals surface area contributed by atoms with Gasteiger partial charge in [0.2, 0.25) is 0 Å². The van der Waals surface area contributed by atoms with Crippen LogP contribution in [0.1, 0.15) is 24.6 Å². The molecule has 150 valence electrons. The van der Waals surface area contributed by atoms with Crippen LogP contribution in [0.2, 0.25) is 0 Å². The second kappa shape index (κ2) is 7.53. The first-order valence-corrected chi connectivity index (χ1v) is 9.75. The quantitative estimate of drug-likeness (QED) is 0.521. The van der Waals surface area contributed by atoms with Gasteiger partial charge in [-0.25, -0.2) is 14.6 Å². The fraction of sp³-hybridized carbons (Fsp3) is 0.300. The Hall–Kier alpha value is -3.84. The van der Waals surface area contributed by atoms with Gasteiger partial charge in [-0.2, -0.15) is 15.0 Å². The average Bonchev–Trinajstić information content (AvgIpc) is 3.37. The number of nitriles is 1. The van der Waals surface area contributed by atoms with E-state index in [2.05, 4.69) is 43.7 Å². The van der Waals surface area contributed by atoms with Gasteiger partial charge in [0.25, 0.3) is 0 Å². The van der Waals surface area contributed by atoms with Crippen molar-refractivity contribution in [1.29, 1.82) is 5.26 Å². The molecule has 4 aromatic rings. The van der Waals surface area contributed by atoms with E-state index in [1.54, 1.807) is 27.8 Å². The zero-order valence-electron chi connectivity index (χ0n) is 16.4. The predicted octanol–water partition coefficient (Wildman–Crippen LogP) is 2.03. The largest absolute Gasteiger partial charge is 0.377 e. The highest BCUT2D eigenvalue weighted by Gasteiger charge is 2.21. The highest BCUT2D eigenvalue weighted by Crippen LogP contribution is 2.25. The Bertz CT molecular complexity index is 1250. The van der Waals surface area contributed by atoms with Gasteiger partial charge < -0.3 is 10.1 Å². The number of nitrogens with zero attached hydrogens (tertiary/aromatic N) is 8. The molecule has 1 N–H and O–H groups in total. The molecule has 0 atom stereocenters. The van der Waals surface area contributed by atoms with E-state index in [9.17, 15) is 0 Å². The molecule has 1 aliphatic heterocycles. The number of hydrogen-bond donors (Lipinski definition) is 1. The van der Waals surface area contributed by atoms with Crippen LogP contribution in [0.25, 0.3) is 22.5 Å². The minimum absolute atomic E-state index is 0.225. The van der Waals surface area contributed by atoms with Gasteiger partial charge >= 0.3 is 0 Å². The number of rotatable bonds is 6. The van der Waals surface area contributed by atoms with E-state index in [-0.39, 0.29) is 6.04 Å². The first-order valence-electron chi connectivity index (χ1n) is 9.75. The van der Waals surface area contributed by atoms with Crippen molar-refractivity contribution in [1.82, 2.24) is 34.7 Å². The maximum absolute atomic E-state index is 9.08. The molecule has 10 nitrogen and oxygen atoms in total. The zero-order chi connectivity index (χ0) is 20.5. The van der Waals surface area contributed by atoms with E-state index in [0.717, 1.165) is 35.3 Å². The monoisotopic (exact) mass is 401 g/mol. The summed E-state index contributed by atoms with van der Waals surface area (Å²) < 4.78 is 8.70. The van der Waals surface area contributed by atoms with Crippen molar-refractivity contribution >= 4 is 16.7 Å². The number of pyridine rings is 2. The van der Waals surface area contributed by atoms with Crippen LogP contribution in [0.5, 0.6) is 0 Å². The van der Waals surface area contributed by atoms with E-state index in [1.165, 1.54) is 6.20 Å². The minimum atomic E-state index is 0.225. The number of hydrogen-bond acceptors (Lipinski definition) is 8. The van der Waals surface area contributed by atoms with E-state index in [0.29, 0.717) is 30.2 Å². The summed E-state index contributed by atoms with van der Waals surface area (Å²) in [6.45, 7) is 3.42. The summed E-state index contributed by atoms with van der Waals surface area (Å²) in [4.78, 5) is 8.97. The first kappa shape index (κ1) is 18.2. The van der Waals surface area contributed by atoms with Crippen molar-refractivity contribution in [2.24, 2.45) is 0 Å². The molecule has 0 amide bonds. The van der Waals surface area contributed by atoms with Gasteiger partial charge in [0.05, 0.1) is 54.8 Å². The Kier molecular flexibility index (Phi) is 4.57. The van der Waals surface area contributed by atoms with Crippen molar-refractivity contribution < 1.29 is 4.74 Å². The highest BCUT2D eigenvalue weighted by atomic mass is 16.5. The third kappa shape index (κ3) is 3.25. The molecular weight excluding hydrogens is 382 g/mol. The molecule has 0 saturated carbocycles. The van der Waals surface area contributed by atoms with E-state index in [4.69, 9.17) is 10.00 Å². The number of nitrogens with one attached hydrogen (secondary N) is 1. The molecule has 10 heteroatoms. The maximum atomic E-state index is 9.08. The van der Waals surface area contributed by atoms with Crippen LogP contribution >= 0.6 is 0 Å². The van der Waals surface area contributed by atoms with Gasteiger partial charge in [-0.1, -0.05) is 18.6 Å². The normalized spacial score (nSPS) is 13.9. The molecule has 5 rings (SSSR count). The highest BCUT2D eigenvalue weighted by molar-refractivity contribution is 5.77. The van der Waals surface area contributed by atoms with Crippen LogP contribution < -0.4 is 5.32 Å². The fourth-order valence-corrected chi connectivity index (χ4v) is 3.33. The Morgan fingerprint density at radius 3 is 2.90 bits per heavy atom. The molecule has 0 radical (unpaired) electrons. The number of aryl methyl sites for hydroxylation is 1. The molecule has 0 aliphatic carbocycles. The number of ether oxygens (including phenoxy) is 1. The summed E-state index contributed by atoms with van der Waals surface area (Å²) in [6, 6.07) is 6.00. The molecule has 0 bridgehead atoms. The zero-order valence-corrected chi connectivity index (χ0v) is 16.4. The standard InChI is InChI=1S/C20H19N9O/c1-2-3-15-10-28(27-26-15)18-9-22-19(5-17(18)25-16-11-30-12-16)29-20-14(8-24-29)4-13(6-21)7-23-20/h4-5,7-10,16H,2-3,11-12H2,1H3,(H,22,25). The molecule has 0 spiro atoms. The Labute approximate surface area is 172 Å². The third-order valence-electron chi connectivity index (χ3n) is 4.91. The second-order valence-corrected chi connectivity index (χ2v) is 7.15. The van der Waals surface area contributed by atoms with Crippen molar-refractivity contribution in [2.45, 2.75) is 25.8 Å². The number of fused-ring (bicyclic) bond motifs is 1. The van der Waals surface area contributed by atoms with Crippen LogP contribution in [0.4, 0.5) is 5.69 Å². The smallest absolute Gasteiger partial charge is 0.164 e. The topological polar surface area (TPSA) is 119 Å². The number of anilines is 1. The minimum Gasteiger partial charge on any atom is -0.377 e. The lowest BCUT2D eigenvalue weighted by Crippen LogP contribution is -2.40. The van der Waals surface area contributed by atoms with Gasteiger partial charge in [0.1, 0.15) is 11.8 Å². The van der Waals surface area contributed by atoms with E-state index >= 15 is 0 Å². The van der Waals surface area contributed by atoms with E-state index < -0.39 is 0 Å². The fourth-order valence-electron chi connectivity index (χ4n) is 3.33. The Balaban J connectivity index is 1.57. The summed E-state index contributed by atoms with van der Waals surface area (Å²) in [6.07, 6.45) is 8.77. The molecular formula is C20H19N9O. The van der Waals surface area contributed by atoms with Crippen molar-refractivity contribution in [2.75, 3.05) is 18.5 Å². The summed E-state index contributed by atoms with van der Waals surface area (Å²) >= 11 is 0. The first-order chi connectivity index (χ1) is 14.7. The third-order valence-corrected chi connectivity index (χ3v) is 4.91. The van der Waals surface area contributed by atoms with Crippen LogP contribution in [0.3, 0.4) is 0 Å². The molecule has 1 aliphatic rings. The molecule has 1 saturated heterocycles. The molecule has 0 unspecified atom stereocenters. The molecule has 4 aromatic heterocycles. The van der Waals surface area contributed by atoms with Crippen LogP contribution in [-0.2, 0) is 11.2 Å².